The van der Waals surface area contributed by atoms with Crippen molar-refractivity contribution in [3.8, 4) is 11.5 Å². The molecule has 1 atom stereocenters. The van der Waals surface area contributed by atoms with Crippen LogP contribution in [0, 0.1) is 0 Å². The predicted octanol–water partition coefficient (Wildman–Crippen LogP) is 3.65. The molecule has 2 aromatic carbocycles. The van der Waals surface area contributed by atoms with Gasteiger partial charge in [0.25, 0.3) is 0 Å². The Kier molecular flexibility index (Phi) is 5.85. The van der Waals surface area contributed by atoms with Crippen LogP contribution in [-0.4, -0.2) is 29.3 Å². The Balaban J connectivity index is 1.82. The van der Waals surface area contributed by atoms with Gasteiger partial charge in [-0.05, 0) is 55.3 Å². The summed E-state index contributed by atoms with van der Waals surface area (Å²) in [7, 11) is 1.61. The number of hydrogen-bond donors (Lipinski definition) is 3. The minimum absolute atomic E-state index is 0.228. The van der Waals surface area contributed by atoms with E-state index in [1.165, 1.54) is 0 Å². The Morgan fingerprint density at radius 3 is 2.74 bits per heavy atom. The molecule has 1 heterocycles. The molecule has 0 bridgehead atoms. The van der Waals surface area contributed by atoms with Gasteiger partial charge in [-0.25, -0.2) is 0 Å². The Hall–Kier alpha value is -2.34. The summed E-state index contributed by atoms with van der Waals surface area (Å²) in [5.41, 5.74) is 8.51. The fourth-order valence-corrected chi connectivity index (χ4v) is 3.27. The summed E-state index contributed by atoms with van der Waals surface area (Å²) in [5, 5.41) is 15.3. The molecule has 0 fully saturated rings. The van der Waals surface area contributed by atoms with E-state index in [-0.39, 0.29) is 11.3 Å². The SMILES string of the molecule is COc1ccc(O)c(CNC(C)(CN)Cc2ccnc3cc(Cl)ccc23)c1. The second-order valence-corrected chi connectivity index (χ2v) is 7.36. The molecular weight excluding hydrogens is 362 g/mol. The molecular formula is C21H24ClN3O2. The van der Waals surface area contributed by atoms with E-state index in [2.05, 4.69) is 17.2 Å². The summed E-state index contributed by atoms with van der Waals surface area (Å²) in [6.07, 6.45) is 2.51. The lowest BCUT2D eigenvalue weighted by Crippen LogP contribution is -2.50. The molecule has 3 rings (SSSR count). The Labute approximate surface area is 164 Å². The first-order chi connectivity index (χ1) is 12.9. The number of halogens is 1. The molecule has 1 unspecified atom stereocenters. The first kappa shape index (κ1) is 19.4. The summed E-state index contributed by atoms with van der Waals surface area (Å²) in [6, 6.07) is 12.9. The number of nitrogens with two attached hydrogens (primary N) is 1. The average Bonchev–Trinajstić information content (AvgIpc) is 2.67. The predicted molar refractivity (Wildman–Crippen MR) is 109 cm³/mol. The van der Waals surface area contributed by atoms with Crippen molar-refractivity contribution in [2.24, 2.45) is 5.73 Å². The van der Waals surface area contributed by atoms with E-state index in [9.17, 15) is 5.11 Å². The molecule has 142 valence electrons. The lowest BCUT2D eigenvalue weighted by molar-refractivity contribution is 0.354. The van der Waals surface area contributed by atoms with Gasteiger partial charge in [-0.3, -0.25) is 4.98 Å². The van der Waals surface area contributed by atoms with E-state index in [1.54, 1.807) is 25.4 Å². The number of ether oxygens (including phenoxy) is 1. The van der Waals surface area contributed by atoms with Gasteiger partial charge >= 0.3 is 0 Å². The fourth-order valence-electron chi connectivity index (χ4n) is 3.10. The molecule has 0 spiro atoms. The van der Waals surface area contributed by atoms with Crippen molar-refractivity contribution in [1.29, 1.82) is 0 Å². The van der Waals surface area contributed by atoms with Crippen LogP contribution in [0.5, 0.6) is 11.5 Å². The van der Waals surface area contributed by atoms with Crippen molar-refractivity contribution in [2.45, 2.75) is 25.4 Å². The number of nitrogens with one attached hydrogen (secondary N) is 1. The van der Waals surface area contributed by atoms with Gasteiger partial charge < -0.3 is 20.9 Å². The van der Waals surface area contributed by atoms with Crippen molar-refractivity contribution < 1.29 is 9.84 Å². The number of nitrogens with zero attached hydrogens (tertiary/aromatic N) is 1. The summed E-state index contributed by atoms with van der Waals surface area (Å²) in [5.74, 6) is 0.933. The normalized spacial score (nSPS) is 13.5. The van der Waals surface area contributed by atoms with Gasteiger partial charge in [-0.2, -0.15) is 0 Å². The number of aromatic hydroxyl groups is 1. The maximum absolute atomic E-state index is 10.1. The highest BCUT2D eigenvalue weighted by Gasteiger charge is 2.24. The van der Waals surface area contributed by atoms with E-state index < -0.39 is 0 Å². The molecule has 0 aliphatic heterocycles. The zero-order valence-corrected chi connectivity index (χ0v) is 16.3. The van der Waals surface area contributed by atoms with Crippen molar-refractivity contribution in [3.05, 3.63) is 64.8 Å². The summed E-state index contributed by atoms with van der Waals surface area (Å²) < 4.78 is 5.24. The zero-order chi connectivity index (χ0) is 19.4. The van der Waals surface area contributed by atoms with E-state index >= 15 is 0 Å². The molecule has 5 nitrogen and oxygen atoms in total. The number of rotatable bonds is 7. The van der Waals surface area contributed by atoms with Crippen LogP contribution < -0.4 is 15.8 Å². The molecule has 0 radical (unpaired) electrons. The van der Waals surface area contributed by atoms with Gasteiger partial charge in [0, 0.05) is 40.8 Å². The van der Waals surface area contributed by atoms with Crippen LogP contribution in [0.3, 0.4) is 0 Å². The highest BCUT2D eigenvalue weighted by atomic mass is 35.5. The topological polar surface area (TPSA) is 80.4 Å². The second-order valence-electron chi connectivity index (χ2n) is 6.92. The van der Waals surface area contributed by atoms with Crippen molar-refractivity contribution in [1.82, 2.24) is 10.3 Å². The van der Waals surface area contributed by atoms with Crippen molar-refractivity contribution >= 4 is 22.5 Å². The molecule has 0 aliphatic carbocycles. The largest absolute Gasteiger partial charge is 0.508 e. The van der Waals surface area contributed by atoms with Gasteiger partial charge in [0.1, 0.15) is 11.5 Å². The number of methoxy groups -OCH3 is 1. The average molecular weight is 386 g/mol. The van der Waals surface area contributed by atoms with Crippen LogP contribution in [0.25, 0.3) is 10.9 Å². The van der Waals surface area contributed by atoms with E-state index in [1.807, 2.05) is 30.3 Å². The number of fused-ring (bicyclic) bond motifs is 1. The highest BCUT2D eigenvalue weighted by Crippen LogP contribution is 2.26. The van der Waals surface area contributed by atoms with E-state index in [0.717, 1.165) is 28.5 Å². The third-order valence-electron chi connectivity index (χ3n) is 4.82. The standard InChI is InChI=1S/C21H24ClN3O2/c1-21(13-23,25-12-15-9-17(27-2)4-6-20(15)26)11-14-7-8-24-19-10-16(22)3-5-18(14)19/h3-10,25-26H,11-13,23H2,1-2H3. The van der Waals surface area contributed by atoms with Crippen molar-refractivity contribution in [3.63, 3.8) is 0 Å². The molecule has 0 saturated heterocycles. The van der Waals surface area contributed by atoms with Gasteiger partial charge in [-0.1, -0.05) is 17.7 Å². The third-order valence-corrected chi connectivity index (χ3v) is 5.05. The van der Waals surface area contributed by atoms with E-state index in [4.69, 9.17) is 22.1 Å². The van der Waals surface area contributed by atoms with Gasteiger partial charge in [0.05, 0.1) is 12.6 Å². The summed E-state index contributed by atoms with van der Waals surface area (Å²) >= 11 is 6.08. The molecule has 3 aromatic rings. The molecule has 0 aliphatic rings. The van der Waals surface area contributed by atoms with Gasteiger partial charge in [0.2, 0.25) is 0 Å². The maximum Gasteiger partial charge on any atom is 0.120 e. The number of hydrogen-bond acceptors (Lipinski definition) is 5. The fraction of sp³-hybridized carbons (Fsp3) is 0.286. The first-order valence-electron chi connectivity index (χ1n) is 8.78. The van der Waals surface area contributed by atoms with Crippen LogP contribution in [0.1, 0.15) is 18.1 Å². The molecule has 4 N–H and O–H groups in total. The number of phenols is 1. The highest BCUT2D eigenvalue weighted by molar-refractivity contribution is 6.31. The Morgan fingerprint density at radius 1 is 1.19 bits per heavy atom. The number of benzene rings is 2. The van der Waals surface area contributed by atoms with Gasteiger partial charge in [-0.15, -0.1) is 0 Å². The molecule has 0 saturated carbocycles. The Morgan fingerprint density at radius 2 is 2.00 bits per heavy atom. The Bertz CT molecular complexity index is 948. The maximum atomic E-state index is 10.1. The number of aromatic nitrogens is 1. The first-order valence-corrected chi connectivity index (χ1v) is 9.16. The zero-order valence-electron chi connectivity index (χ0n) is 15.5. The number of phenolic OH excluding ortho intramolecular Hbond substituents is 1. The molecule has 1 aromatic heterocycles. The third kappa shape index (κ3) is 4.50. The van der Waals surface area contributed by atoms with Crippen molar-refractivity contribution in [2.75, 3.05) is 13.7 Å². The molecule has 6 heteroatoms. The van der Waals surface area contributed by atoms with Crippen LogP contribution in [0.4, 0.5) is 0 Å². The van der Waals surface area contributed by atoms with Crippen LogP contribution in [0.2, 0.25) is 5.02 Å². The van der Waals surface area contributed by atoms with E-state index in [0.29, 0.717) is 23.9 Å². The van der Waals surface area contributed by atoms with Crippen LogP contribution in [-0.2, 0) is 13.0 Å². The second kappa shape index (κ2) is 8.13. The monoisotopic (exact) mass is 385 g/mol. The molecule has 27 heavy (non-hydrogen) atoms. The van der Waals surface area contributed by atoms with Crippen LogP contribution in [0.15, 0.2) is 48.7 Å². The minimum Gasteiger partial charge on any atom is -0.508 e. The number of pyridine rings is 1. The lowest BCUT2D eigenvalue weighted by Gasteiger charge is -2.30. The summed E-state index contributed by atoms with van der Waals surface area (Å²) in [4.78, 5) is 4.40. The van der Waals surface area contributed by atoms with Crippen LogP contribution >= 0.6 is 11.6 Å². The lowest BCUT2D eigenvalue weighted by atomic mass is 9.90. The molecule has 0 amide bonds. The van der Waals surface area contributed by atoms with Gasteiger partial charge in [0.15, 0.2) is 0 Å². The quantitative estimate of drug-likeness (QED) is 0.578. The smallest absolute Gasteiger partial charge is 0.120 e. The minimum atomic E-state index is -0.358. The summed E-state index contributed by atoms with van der Waals surface area (Å²) in [6.45, 7) is 2.99.